The maximum Gasteiger partial charge on any atom is 0.220 e. The molecule has 0 fully saturated rings. The van der Waals surface area contributed by atoms with Crippen LogP contribution in [0.5, 0.6) is 5.75 Å². The summed E-state index contributed by atoms with van der Waals surface area (Å²) >= 11 is 0. The second kappa shape index (κ2) is 13.1. The van der Waals surface area contributed by atoms with Crippen LogP contribution < -0.4 is 4.74 Å². The van der Waals surface area contributed by atoms with Crippen LogP contribution in [0.4, 0.5) is 4.39 Å². The van der Waals surface area contributed by atoms with Gasteiger partial charge in [0.25, 0.3) is 0 Å². The molecule has 1 aromatic carbocycles. The number of hydrogen-bond donors (Lipinski definition) is 0. The lowest BCUT2D eigenvalue weighted by Gasteiger charge is -2.11. The molecule has 0 radical (unpaired) electrons. The van der Waals surface area contributed by atoms with Crippen LogP contribution in [-0.4, -0.2) is 49.7 Å². The number of oxime groups is 1. The van der Waals surface area contributed by atoms with E-state index in [1.165, 1.54) is 18.6 Å². The van der Waals surface area contributed by atoms with Crippen molar-refractivity contribution >= 4 is 12.6 Å². The molecular formula is C23H28FN5O2. The summed E-state index contributed by atoms with van der Waals surface area (Å²) in [5.41, 5.74) is 1.12. The molecule has 2 aromatic rings. The molecule has 164 valence electrons. The van der Waals surface area contributed by atoms with Gasteiger partial charge in [-0.25, -0.2) is 14.4 Å². The zero-order chi connectivity index (χ0) is 22.5. The molecule has 7 nitrogen and oxygen atoms in total. The molecule has 0 bridgehead atoms. The molecule has 0 aliphatic carbocycles. The van der Waals surface area contributed by atoms with E-state index in [0.717, 1.165) is 31.9 Å². The summed E-state index contributed by atoms with van der Waals surface area (Å²) in [7, 11) is 4.15. The molecule has 1 aromatic heterocycles. The van der Waals surface area contributed by atoms with E-state index < -0.39 is 5.82 Å². The smallest absolute Gasteiger partial charge is 0.220 e. The van der Waals surface area contributed by atoms with Crippen molar-refractivity contribution in [2.24, 2.45) is 10.1 Å². The molecule has 8 heteroatoms. The number of rotatable bonds is 12. The third kappa shape index (κ3) is 8.52. The Kier molecular flexibility index (Phi) is 10.1. The molecule has 0 atom stereocenters. The number of amidine groups is 1. The van der Waals surface area contributed by atoms with Crippen molar-refractivity contribution in [1.82, 2.24) is 9.88 Å². The van der Waals surface area contributed by atoms with E-state index in [2.05, 4.69) is 40.8 Å². The van der Waals surface area contributed by atoms with Crippen molar-refractivity contribution in [3.8, 4) is 11.8 Å². The molecule has 0 saturated heterocycles. The first-order valence-electron chi connectivity index (χ1n) is 10.1. The fraction of sp³-hybridized carbons (Fsp3) is 0.391. The second-order valence-electron chi connectivity index (χ2n) is 7.22. The van der Waals surface area contributed by atoms with Crippen LogP contribution in [0, 0.1) is 17.1 Å². The van der Waals surface area contributed by atoms with Gasteiger partial charge in [0.05, 0.1) is 18.2 Å². The number of nitriles is 1. The van der Waals surface area contributed by atoms with E-state index in [9.17, 15) is 4.39 Å². The highest BCUT2D eigenvalue weighted by Gasteiger charge is 2.12. The van der Waals surface area contributed by atoms with Gasteiger partial charge >= 0.3 is 0 Å². The van der Waals surface area contributed by atoms with Crippen LogP contribution in [0.15, 0.2) is 46.7 Å². The Labute approximate surface area is 182 Å². The molecule has 31 heavy (non-hydrogen) atoms. The first kappa shape index (κ1) is 24.0. The van der Waals surface area contributed by atoms with Gasteiger partial charge in [-0.2, -0.15) is 5.26 Å². The largest absolute Gasteiger partial charge is 0.491 e. The van der Waals surface area contributed by atoms with Crippen molar-refractivity contribution in [2.45, 2.75) is 32.3 Å². The summed E-state index contributed by atoms with van der Waals surface area (Å²) in [5, 5.41) is 12.9. The summed E-state index contributed by atoms with van der Waals surface area (Å²) in [6.45, 7) is 5.15. The summed E-state index contributed by atoms with van der Waals surface area (Å²) in [6, 6.07) is 9.44. The number of pyridine rings is 1. The fourth-order valence-electron chi connectivity index (χ4n) is 2.85. The average molecular weight is 426 g/mol. The number of ether oxygens (including phenoxy) is 1. The van der Waals surface area contributed by atoms with Crippen LogP contribution >= 0.6 is 0 Å². The third-order valence-corrected chi connectivity index (χ3v) is 4.36. The number of aromatic nitrogens is 1. The predicted molar refractivity (Wildman–Crippen MR) is 119 cm³/mol. The summed E-state index contributed by atoms with van der Waals surface area (Å²) in [4.78, 5) is 15.7. The minimum Gasteiger partial charge on any atom is -0.491 e. The Hall–Kier alpha value is -3.31. The van der Waals surface area contributed by atoms with Crippen molar-refractivity contribution in [2.75, 3.05) is 27.2 Å². The van der Waals surface area contributed by atoms with Gasteiger partial charge in [-0.3, -0.25) is 0 Å². The number of aliphatic imine (C=N–C) groups is 1. The minimum absolute atomic E-state index is 0.0264. The zero-order valence-corrected chi connectivity index (χ0v) is 18.1. The quantitative estimate of drug-likeness (QED) is 0.221. The lowest BCUT2D eigenvalue weighted by atomic mass is 10.1. The predicted octanol–water partition coefficient (Wildman–Crippen LogP) is 4.17. The Morgan fingerprint density at radius 1 is 1.23 bits per heavy atom. The molecule has 0 spiro atoms. The highest BCUT2D eigenvalue weighted by atomic mass is 19.1. The Bertz CT molecular complexity index is 924. The lowest BCUT2D eigenvalue weighted by molar-refractivity contribution is 0.130. The normalized spacial score (nSPS) is 11.3. The average Bonchev–Trinajstić information content (AvgIpc) is 2.76. The summed E-state index contributed by atoms with van der Waals surface area (Å²) < 4.78 is 19.4. The molecule has 0 unspecified atom stereocenters. The molecule has 0 aliphatic rings. The lowest BCUT2D eigenvalue weighted by Crippen LogP contribution is -2.12. The second-order valence-corrected chi connectivity index (χ2v) is 7.22. The maximum absolute atomic E-state index is 13.5. The number of nitrogens with zero attached hydrogens (tertiary/aromatic N) is 5. The van der Waals surface area contributed by atoms with E-state index in [0.29, 0.717) is 23.6 Å². The van der Waals surface area contributed by atoms with Crippen LogP contribution in [0.1, 0.15) is 42.5 Å². The van der Waals surface area contributed by atoms with E-state index >= 15 is 0 Å². The van der Waals surface area contributed by atoms with Gasteiger partial charge in [0.2, 0.25) is 5.84 Å². The SMILES string of the molecule is C=N/C(=N\OCc1cc(F)cc(C#N)c1)c1ncccc1OCCCCCCN(C)C. The first-order valence-corrected chi connectivity index (χ1v) is 10.1. The Morgan fingerprint density at radius 2 is 2.03 bits per heavy atom. The van der Waals surface area contributed by atoms with Crippen molar-refractivity contribution in [3.63, 3.8) is 0 Å². The molecule has 0 amide bonds. The van der Waals surface area contributed by atoms with E-state index in [1.807, 2.05) is 6.07 Å². The molecular weight excluding hydrogens is 397 g/mol. The standard InChI is InChI=1S/C23H28FN5O2/c1-26-23(28-31-17-19-13-18(16-25)14-20(24)15-19)22-21(9-8-10-27-22)30-12-7-5-4-6-11-29(2)3/h8-10,13-15H,1,4-7,11-12,17H2,2-3H3/b28-23-. The number of unbranched alkanes of at least 4 members (excludes halogenated alkanes) is 3. The summed E-state index contributed by atoms with van der Waals surface area (Å²) in [5.74, 6) is 0.201. The van der Waals surface area contributed by atoms with E-state index in [-0.39, 0.29) is 18.0 Å². The van der Waals surface area contributed by atoms with Gasteiger partial charge < -0.3 is 14.5 Å². The van der Waals surface area contributed by atoms with Gasteiger partial charge in [-0.05, 0) is 76.1 Å². The molecule has 1 heterocycles. The maximum atomic E-state index is 13.5. The van der Waals surface area contributed by atoms with Crippen LogP contribution in [0.2, 0.25) is 0 Å². The van der Waals surface area contributed by atoms with Gasteiger partial charge in [0.15, 0.2) is 5.69 Å². The fourth-order valence-corrected chi connectivity index (χ4v) is 2.85. The van der Waals surface area contributed by atoms with Gasteiger partial charge in [0, 0.05) is 6.20 Å². The highest BCUT2D eigenvalue weighted by molar-refractivity contribution is 6.01. The monoisotopic (exact) mass is 425 g/mol. The number of halogens is 1. The van der Waals surface area contributed by atoms with Crippen molar-refractivity contribution in [3.05, 3.63) is 59.2 Å². The van der Waals surface area contributed by atoms with Gasteiger partial charge in [-0.1, -0.05) is 18.0 Å². The molecule has 0 aliphatic heterocycles. The molecule has 0 saturated carbocycles. The zero-order valence-electron chi connectivity index (χ0n) is 18.1. The minimum atomic E-state index is -0.508. The van der Waals surface area contributed by atoms with Crippen LogP contribution in [0.3, 0.4) is 0 Å². The number of benzene rings is 1. The van der Waals surface area contributed by atoms with Crippen molar-refractivity contribution < 1.29 is 14.0 Å². The Balaban J connectivity index is 1.93. The molecule has 2 rings (SSSR count). The van der Waals surface area contributed by atoms with Gasteiger partial charge in [-0.15, -0.1) is 0 Å². The topological polar surface area (TPSA) is 83.1 Å². The van der Waals surface area contributed by atoms with Crippen LogP contribution in [0.25, 0.3) is 0 Å². The first-order chi connectivity index (χ1) is 15.0. The van der Waals surface area contributed by atoms with Crippen molar-refractivity contribution in [1.29, 1.82) is 5.26 Å². The number of hydrogen-bond acceptors (Lipinski definition) is 6. The van der Waals surface area contributed by atoms with Gasteiger partial charge in [0.1, 0.15) is 18.2 Å². The molecule has 0 N–H and O–H groups in total. The third-order valence-electron chi connectivity index (χ3n) is 4.36. The van der Waals surface area contributed by atoms with E-state index in [4.69, 9.17) is 14.8 Å². The highest BCUT2D eigenvalue weighted by Crippen LogP contribution is 2.18. The summed E-state index contributed by atoms with van der Waals surface area (Å²) in [6.07, 6.45) is 5.96. The van der Waals surface area contributed by atoms with Crippen LogP contribution in [-0.2, 0) is 11.4 Å². The Morgan fingerprint density at radius 3 is 2.77 bits per heavy atom. The van der Waals surface area contributed by atoms with E-state index in [1.54, 1.807) is 18.3 Å².